The standard InChI is InChI=1S/C24H20ClF3N4OS/c25-13-7-8-18-17(9-13)19(11-21(32-18)24(26,27)28)30-14-3-1-4-15(10-14)31-23(33)16-5-2-6-20-22(16)29-12-34-20/h2,5-9,11-12,14-15H,1,3-4,10H2,(H,30,32)(H,31,33)/t14-,15+/m0/s1. The van der Waals surface area contributed by atoms with E-state index in [9.17, 15) is 18.0 Å². The van der Waals surface area contributed by atoms with Gasteiger partial charge in [0, 0.05) is 28.2 Å². The predicted octanol–water partition coefficient (Wildman–Crippen LogP) is 6.67. The fourth-order valence-electron chi connectivity index (χ4n) is 4.47. The summed E-state index contributed by atoms with van der Waals surface area (Å²) in [7, 11) is 0. The molecule has 2 N–H and O–H groups in total. The van der Waals surface area contributed by atoms with Gasteiger partial charge in [0.25, 0.3) is 5.91 Å². The van der Waals surface area contributed by atoms with E-state index in [0.29, 0.717) is 33.6 Å². The number of carbonyl (C=O) groups excluding carboxylic acids is 1. The second-order valence-corrected chi connectivity index (χ2v) is 9.72. The van der Waals surface area contributed by atoms with E-state index in [2.05, 4.69) is 20.6 Å². The maximum absolute atomic E-state index is 13.4. The van der Waals surface area contributed by atoms with Gasteiger partial charge in [-0.1, -0.05) is 17.7 Å². The fraction of sp³-hybridized carbons (Fsp3) is 0.292. The summed E-state index contributed by atoms with van der Waals surface area (Å²) in [6.45, 7) is 0. The van der Waals surface area contributed by atoms with Crippen molar-refractivity contribution in [1.82, 2.24) is 15.3 Å². The highest BCUT2D eigenvalue weighted by Crippen LogP contribution is 2.35. The number of halogens is 4. The van der Waals surface area contributed by atoms with E-state index in [1.165, 1.54) is 23.5 Å². The molecule has 1 amide bonds. The van der Waals surface area contributed by atoms with E-state index in [1.54, 1.807) is 17.6 Å². The number of hydrogen-bond acceptors (Lipinski definition) is 5. The molecule has 0 spiro atoms. The van der Waals surface area contributed by atoms with Gasteiger partial charge in [0.2, 0.25) is 0 Å². The van der Waals surface area contributed by atoms with Gasteiger partial charge in [0.05, 0.1) is 26.8 Å². The van der Waals surface area contributed by atoms with E-state index in [-0.39, 0.29) is 23.5 Å². The van der Waals surface area contributed by atoms with Crippen LogP contribution in [0.25, 0.3) is 21.1 Å². The van der Waals surface area contributed by atoms with E-state index in [4.69, 9.17) is 11.6 Å². The normalized spacial score (nSPS) is 18.8. The Balaban J connectivity index is 1.36. The van der Waals surface area contributed by atoms with Crippen molar-refractivity contribution in [1.29, 1.82) is 0 Å². The smallest absolute Gasteiger partial charge is 0.382 e. The molecule has 1 fully saturated rings. The highest BCUT2D eigenvalue weighted by molar-refractivity contribution is 7.16. The number of rotatable bonds is 4. The van der Waals surface area contributed by atoms with Crippen molar-refractivity contribution >= 4 is 55.7 Å². The van der Waals surface area contributed by atoms with Crippen LogP contribution in [0, 0.1) is 0 Å². The third-order valence-electron chi connectivity index (χ3n) is 6.04. The van der Waals surface area contributed by atoms with E-state index in [1.807, 2.05) is 12.1 Å². The Morgan fingerprint density at radius 1 is 1.12 bits per heavy atom. The van der Waals surface area contributed by atoms with Gasteiger partial charge in [-0.05, 0) is 62.1 Å². The number of nitrogens with zero attached hydrogens (tertiary/aromatic N) is 2. The number of para-hydroxylation sites is 1. The molecule has 0 radical (unpaired) electrons. The maximum Gasteiger partial charge on any atom is 0.433 e. The zero-order valence-corrected chi connectivity index (χ0v) is 19.4. The zero-order chi connectivity index (χ0) is 23.9. The minimum Gasteiger partial charge on any atom is -0.382 e. The van der Waals surface area contributed by atoms with Gasteiger partial charge in [-0.15, -0.1) is 11.3 Å². The van der Waals surface area contributed by atoms with E-state index in [0.717, 1.165) is 30.0 Å². The summed E-state index contributed by atoms with van der Waals surface area (Å²) in [4.78, 5) is 21.0. The lowest BCUT2D eigenvalue weighted by Gasteiger charge is -2.31. The average molecular weight is 505 g/mol. The molecule has 1 aliphatic rings. The quantitative estimate of drug-likeness (QED) is 0.326. The van der Waals surface area contributed by atoms with Crippen LogP contribution in [0.2, 0.25) is 5.02 Å². The summed E-state index contributed by atoms with van der Waals surface area (Å²) in [5.74, 6) is -0.192. The zero-order valence-electron chi connectivity index (χ0n) is 17.8. The van der Waals surface area contributed by atoms with Crippen LogP contribution in [0.15, 0.2) is 48.0 Å². The first-order chi connectivity index (χ1) is 16.3. The Labute approximate surface area is 202 Å². The Morgan fingerprint density at radius 3 is 2.76 bits per heavy atom. The lowest BCUT2D eigenvalue weighted by atomic mass is 9.90. The molecule has 176 valence electrons. The van der Waals surface area contributed by atoms with E-state index < -0.39 is 11.9 Å². The first-order valence-corrected chi connectivity index (χ1v) is 12.1. The summed E-state index contributed by atoms with van der Waals surface area (Å²) in [6, 6.07) is 10.9. The molecule has 5 rings (SSSR count). The number of nitrogens with one attached hydrogen (secondary N) is 2. The van der Waals surface area contributed by atoms with Crippen LogP contribution in [0.3, 0.4) is 0 Å². The molecule has 5 nitrogen and oxygen atoms in total. The topological polar surface area (TPSA) is 66.9 Å². The number of alkyl halides is 3. The van der Waals surface area contributed by atoms with E-state index >= 15 is 0 Å². The van der Waals surface area contributed by atoms with Crippen molar-refractivity contribution in [2.75, 3.05) is 5.32 Å². The molecule has 1 saturated carbocycles. The third kappa shape index (κ3) is 4.67. The second-order valence-electron chi connectivity index (χ2n) is 8.40. The Hall–Kier alpha value is -2.91. The summed E-state index contributed by atoms with van der Waals surface area (Å²) in [5.41, 5.74) is 2.51. The van der Waals surface area contributed by atoms with Crippen LogP contribution in [-0.4, -0.2) is 28.0 Å². The molecule has 2 heterocycles. The first kappa shape index (κ1) is 22.9. The van der Waals surface area contributed by atoms with Crippen LogP contribution in [0.1, 0.15) is 41.7 Å². The highest BCUT2D eigenvalue weighted by Gasteiger charge is 2.34. The SMILES string of the molecule is O=C(N[C@@H]1CCC[C@H](Nc2cc(C(F)(F)F)nc3ccc(Cl)cc23)C1)c1cccc2scnc12. The summed E-state index contributed by atoms with van der Waals surface area (Å²) in [5, 5.41) is 7.31. The Morgan fingerprint density at radius 2 is 1.94 bits per heavy atom. The number of carbonyl (C=O) groups is 1. The third-order valence-corrected chi connectivity index (χ3v) is 7.06. The van der Waals surface area contributed by atoms with Crippen molar-refractivity contribution in [2.45, 2.75) is 43.9 Å². The Bertz CT molecular complexity index is 1370. The van der Waals surface area contributed by atoms with Crippen LogP contribution < -0.4 is 10.6 Å². The van der Waals surface area contributed by atoms with Gasteiger partial charge >= 0.3 is 6.18 Å². The highest BCUT2D eigenvalue weighted by atomic mass is 35.5. The summed E-state index contributed by atoms with van der Waals surface area (Å²) in [6.07, 6.45) is -1.57. The number of fused-ring (bicyclic) bond motifs is 2. The minimum absolute atomic E-state index is 0.105. The molecule has 10 heteroatoms. The lowest BCUT2D eigenvalue weighted by Crippen LogP contribution is -2.41. The Kier molecular flexibility index (Phi) is 6.07. The maximum atomic E-state index is 13.4. The van der Waals surface area contributed by atoms with Gasteiger partial charge < -0.3 is 10.6 Å². The van der Waals surface area contributed by atoms with Crippen molar-refractivity contribution in [3.8, 4) is 0 Å². The fourth-order valence-corrected chi connectivity index (χ4v) is 5.34. The average Bonchev–Trinajstić information content (AvgIpc) is 3.28. The monoisotopic (exact) mass is 504 g/mol. The van der Waals surface area contributed by atoms with Crippen LogP contribution in [0.5, 0.6) is 0 Å². The van der Waals surface area contributed by atoms with Gasteiger partial charge in [-0.25, -0.2) is 9.97 Å². The van der Waals surface area contributed by atoms with Gasteiger partial charge in [0.15, 0.2) is 0 Å². The van der Waals surface area contributed by atoms with Crippen LogP contribution >= 0.6 is 22.9 Å². The number of amides is 1. The molecular formula is C24H20ClF3N4OS. The number of hydrogen-bond donors (Lipinski definition) is 2. The molecule has 0 aliphatic heterocycles. The minimum atomic E-state index is -4.57. The molecular weight excluding hydrogens is 485 g/mol. The molecule has 2 aromatic heterocycles. The largest absolute Gasteiger partial charge is 0.433 e. The molecule has 4 aromatic rings. The van der Waals surface area contributed by atoms with Crippen LogP contribution in [-0.2, 0) is 6.18 Å². The molecule has 2 atom stereocenters. The van der Waals surface area contributed by atoms with Crippen molar-refractivity contribution < 1.29 is 18.0 Å². The van der Waals surface area contributed by atoms with Crippen molar-refractivity contribution in [3.05, 3.63) is 64.3 Å². The molecule has 1 aliphatic carbocycles. The lowest BCUT2D eigenvalue weighted by molar-refractivity contribution is -0.140. The van der Waals surface area contributed by atoms with Crippen LogP contribution in [0.4, 0.5) is 18.9 Å². The van der Waals surface area contributed by atoms with Crippen molar-refractivity contribution in [3.63, 3.8) is 0 Å². The number of benzene rings is 2. The number of anilines is 1. The predicted molar refractivity (Wildman–Crippen MR) is 129 cm³/mol. The molecule has 0 bridgehead atoms. The number of aromatic nitrogens is 2. The van der Waals surface area contributed by atoms with Crippen molar-refractivity contribution in [2.24, 2.45) is 0 Å². The molecule has 2 aromatic carbocycles. The second kappa shape index (κ2) is 9.03. The summed E-state index contributed by atoms with van der Waals surface area (Å²) < 4.78 is 41.3. The first-order valence-electron chi connectivity index (χ1n) is 10.8. The van der Waals surface area contributed by atoms with Gasteiger partial charge in [-0.2, -0.15) is 13.2 Å². The molecule has 34 heavy (non-hydrogen) atoms. The number of thiazole rings is 1. The van der Waals surface area contributed by atoms with Gasteiger partial charge in [0.1, 0.15) is 5.69 Å². The molecule has 0 saturated heterocycles. The molecule has 0 unspecified atom stereocenters. The number of pyridine rings is 1. The summed E-state index contributed by atoms with van der Waals surface area (Å²) >= 11 is 7.58. The van der Waals surface area contributed by atoms with Gasteiger partial charge in [-0.3, -0.25) is 4.79 Å².